The fourth-order valence-electron chi connectivity index (χ4n) is 1.03. The van der Waals surface area contributed by atoms with Gasteiger partial charge in [-0.3, -0.25) is 0 Å². The summed E-state index contributed by atoms with van der Waals surface area (Å²) in [4.78, 5) is 6.48. The van der Waals surface area contributed by atoms with Crippen LogP contribution in [0, 0.1) is 0 Å². The zero-order chi connectivity index (χ0) is 10.4. The zero-order valence-corrected chi connectivity index (χ0v) is 9.55. The summed E-state index contributed by atoms with van der Waals surface area (Å²) in [6, 6.07) is 3.96. The van der Waals surface area contributed by atoms with Crippen molar-refractivity contribution in [2.24, 2.45) is 5.73 Å². The van der Waals surface area contributed by atoms with Gasteiger partial charge in [0.1, 0.15) is 5.03 Å². The number of hydrogen-bond acceptors (Lipinski definition) is 4. The molecule has 1 rings (SSSR count). The summed E-state index contributed by atoms with van der Waals surface area (Å²) in [5.41, 5.74) is 6.75. The SMILES string of the molecule is CN(C)CCSc1ncccc1CN. The molecule has 14 heavy (non-hydrogen) atoms. The Morgan fingerprint density at radius 2 is 2.29 bits per heavy atom. The van der Waals surface area contributed by atoms with Crippen LogP contribution in [0.25, 0.3) is 0 Å². The summed E-state index contributed by atoms with van der Waals surface area (Å²) in [5, 5.41) is 1.07. The number of rotatable bonds is 5. The van der Waals surface area contributed by atoms with Gasteiger partial charge in [-0.1, -0.05) is 6.07 Å². The zero-order valence-electron chi connectivity index (χ0n) is 8.73. The molecule has 1 aromatic heterocycles. The Kier molecular flexibility index (Phi) is 4.93. The molecule has 3 nitrogen and oxygen atoms in total. The lowest BCUT2D eigenvalue weighted by atomic mass is 10.3. The Labute approximate surface area is 89.7 Å². The molecule has 0 fully saturated rings. The van der Waals surface area contributed by atoms with Gasteiger partial charge in [-0.05, 0) is 25.7 Å². The van der Waals surface area contributed by atoms with Gasteiger partial charge in [0, 0.05) is 25.0 Å². The predicted molar refractivity (Wildman–Crippen MR) is 61.4 cm³/mol. The van der Waals surface area contributed by atoms with Crippen LogP contribution in [0.3, 0.4) is 0 Å². The highest BCUT2D eigenvalue weighted by Crippen LogP contribution is 2.18. The van der Waals surface area contributed by atoms with Crippen molar-refractivity contribution in [2.45, 2.75) is 11.6 Å². The summed E-state index contributed by atoms with van der Waals surface area (Å²) in [7, 11) is 4.14. The maximum atomic E-state index is 5.62. The van der Waals surface area contributed by atoms with Crippen molar-refractivity contribution in [1.82, 2.24) is 9.88 Å². The molecule has 0 saturated heterocycles. The van der Waals surface area contributed by atoms with Gasteiger partial charge in [-0.25, -0.2) is 4.98 Å². The van der Waals surface area contributed by atoms with Crippen molar-refractivity contribution in [2.75, 3.05) is 26.4 Å². The molecule has 78 valence electrons. The topological polar surface area (TPSA) is 42.2 Å². The molecule has 0 aliphatic heterocycles. The van der Waals surface area contributed by atoms with Gasteiger partial charge in [0.2, 0.25) is 0 Å². The van der Waals surface area contributed by atoms with Crippen molar-refractivity contribution in [3.05, 3.63) is 23.9 Å². The minimum absolute atomic E-state index is 0.568. The van der Waals surface area contributed by atoms with Gasteiger partial charge in [-0.2, -0.15) is 0 Å². The first kappa shape index (κ1) is 11.5. The van der Waals surface area contributed by atoms with Gasteiger partial charge < -0.3 is 10.6 Å². The van der Waals surface area contributed by atoms with E-state index in [0.717, 1.165) is 22.9 Å². The monoisotopic (exact) mass is 211 g/mol. The minimum Gasteiger partial charge on any atom is -0.326 e. The number of aromatic nitrogens is 1. The van der Waals surface area contributed by atoms with Crippen LogP contribution in [0.2, 0.25) is 0 Å². The molecule has 1 aromatic rings. The van der Waals surface area contributed by atoms with Crippen LogP contribution in [0.1, 0.15) is 5.56 Å². The Balaban J connectivity index is 2.49. The highest BCUT2D eigenvalue weighted by Gasteiger charge is 2.01. The van der Waals surface area contributed by atoms with Gasteiger partial charge in [0.25, 0.3) is 0 Å². The molecule has 0 radical (unpaired) electrons. The van der Waals surface area contributed by atoms with E-state index < -0.39 is 0 Å². The molecule has 0 unspecified atom stereocenters. The lowest BCUT2D eigenvalue weighted by Crippen LogP contribution is -2.15. The molecule has 0 aliphatic rings. The third-order valence-corrected chi connectivity index (χ3v) is 2.87. The van der Waals surface area contributed by atoms with Crippen molar-refractivity contribution < 1.29 is 0 Å². The lowest BCUT2D eigenvalue weighted by molar-refractivity contribution is 0.437. The average molecular weight is 211 g/mol. The van der Waals surface area contributed by atoms with E-state index in [1.54, 1.807) is 11.8 Å². The fraction of sp³-hybridized carbons (Fsp3) is 0.500. The summed E-state index contributed by atoms with van der Waals surface area (Å²) >= 11 is 1.77. The molecular formula is C10H17N3S. The number of nitrogens with zero attached hydrogens (tertiary/aromatic N) is 2. The highest BCUT2D eigenvalue weighted by atomic mass is 32.2. The number of nitrogens with two attached hydrogens (primary N) is 1. The van der Waals surface area contributed by atoms with Gasteiger partial charge in [0.05, 0.1) is 0 Å². The molecule has 0 bridgehead atoms. The van der Waals surface area contributed by atoms with E-state index in [1.807, 2.05) is 18.3 Å². The van der Waals surface area contributed by atoms with E-state index >= 15 is 0 Å². The van der Waals surface area contributed by atoms with Crippen LogP contribution >= 0.6 is 11.8 Å². The number of thioether (sulfide) groups is 1. The summed E-state index contributed by atoms with van der Waals surface area (Å²) in [6.45, 7) is 1.63. The van der Waals surface area contributed by atoms with Gasteiger partial charge in [-0.15, -0.1) is 11.8 Å². The van der Waals surface area contributed by atoms with Crippen molar-refractivity contribution >= 4 is 11.8 Å². The van der Waals surface area contributed by atoms with Crippen LogP contribution < -0.4 is 5.73 Å². The van der Waals surface area contributed by atoms with E-state index in [4.69, 9.17) is 5.73 Å². The summed E-state index contributed by atoms with van der Waals surface area (Å²) < 4.78 is 0. The lowest BCUT2D eigenvalue weighted by Gasteiger charge is -2.09. The first-order chi connectivity index (χ1) is 6.74. The molecule has 0 saturated carbocycles. The standard InChI is InChI=1S/C10H17N3S/c1-13(2)6-7-14-10-9(8-11)4-3-5-12-10/h3-5H,6-8,11H2,1-2H3. The van der Waals surface area contributed by atoms with E-state index in [0.29, 0.717) is 6.54 Å². The Morgan fingerprint density at radius 1 is 1.50 bits per heavy atom. The van der Waals surface area contributed by atoms with Crippen molar-refractivity contribution in [1.29, 1.82) is 0 Å². The third kappa shape index (κ3) is 3.65. The molecule has 1 heterocycles. The van der Waals surface area contributed by atoms with Crippen LogP contribution in [0.15, 0.2) is 23.4 Å². The van der Waals surface area contributed by atoms with Crippen LogP contribution in [0.4, 0.5) is 0 Å². The molecule has 0 spiro atoms. The van der Waals surface area contributed by atoms with E-state index in [9.17, 15) is 0 Å². The second kappa shape index (κ2) is 6.01. The normalized spacial score (nSPS) is 10.9. The molecule has 4 heteroatoms. The molecule has 0 aliphatic carbocycles. The van der Waals surface area contributed by atoms with Crippen LogP contribution in [-0.4, -0.2) is 36.3 Å². The van der Waals surface area contributed by atoms with E-state index in [-0.39, 0.29) is 0 Å². The van der Waals surface area contributed by atoms with E-state index in [1.165, 1.54) is 0 Å². The third-order valence-electron chi connectivity index (χ3n) is 1.85. The smallest absolute Gasteiger partial charge is 0.100 e. The van der Waals surface area contributed by atoms with Crippen molar-refractivity contribution in [3.8, 4) is 0 Å². The second-order valence-electron chi connectivity index (χ2n) is 3.32. The van der Waals surface area contributed by atoms with Crippen LogP contribution in [0.5, 0.6) is 0 Å². The Morgan fingerprint density at radius 3 is 2.93 bits per heavy atom. The Hall–Kier alpha value is -0.580. The predicted octanol–water partition coefficient (Wildman–Crippen LogP) is 1.19. The fourth-order valence-corrected chi connectivity index (χ4v) is 2.16. The van der Waals surface area contributed by atoms with Gasteiger partial charge in [0.15, 0.2) is 0 Å². The largest absolute Gasteiger partial charge is 0.326 e. The van der Waals surface area contributed by atoms with E-state index in [2.05, 4.69) is 24.0 Å². The van der Waals surface area contributed by atoms with Crippen molar-refractivity contribution in [3.63, 3.8) is 0 Å². The first-order valence-corrected chi connectivity index (χ1v) is 5.64. The molecule has 0 aromatic carbocycles. The highest BCUT2D eigenvalue weighted by molar-refractivity contribution is 7.99. The summed E-state index contributed by atoms with van der Waals surface area (Å²) in [6.07, 6.45) is 1.82. The second-order valence-corrected chi connectivity index (χ2v) is 4.41. The minimum atomic E-state index is 0.568. The average Bonchev–Trinajstić information content (AvgIpc) is 2.18. The summed E-state index contributed by atoms with van der Waals surface area (Å²) in [5.74, 6) is 1.05. The maximum Gasteiger partial charge on any atom is 0.100 e. The Bertz CT molecular complexity index is 276. The van der Waals surface area contributed by atoms with Crippen LogP contribution in [-0.2, 0) is 6.54 Å². The number of pyridine rings is 1. The molecule has 0 amide bonds. The molecule has 0 atom stereocenters. The first-order valence-electron chi connectivity index (χ1n) is 4.65. The molecule has 2 N–H and O–H groups in total. The molecular weight excluding hydrogens is 194 g/mol. The maximum absolute atomic E-state index is 5.62. The quantitative estimate of drug-likeness (QED) is 0.743. The van der Waals surface area contributed by atoms with Gasteiger partial charge >= 0.3 is 0 Å². The number of hydrogen-bond donors (Lipinski definition) is 1.